The summed E-state index contributed by atoms with van der Waals surface area (Å²) in [5, 5.41) is 0.0946. The van der Waals surface area contributed by atoms with Gasteiger partial charge in [0, 0.05) is 6.07 Å². The first-order chi connectivity index (χ1) is 7.66. The van der Waals surface area contributed by atoms with E-state index in [-0.39, 0.29) is 5.02 Å². The van der Waals surface area contributed by atoms with Crippen LogP contribution in [0.25, 0.3) is 0 Å². The molecule has 0 aliphatic heterocycles. The minimum Gasteiger partial charge on any atom is -0.457 e. The second kappa shape index (κ2) is 4.54. The molecule has 82 valence electrons. The van der Waals surface area contributed by atoms with Gasteiger partial charge < -0.3 is 4.74 Å². The molecule has 0 atom stereocenters. The lowest BCUT2D eigenvalue weighted by molar-refractivity contribution is 0.473. The fourth-order valence-electron chi connectivity index (χ4n) is 1.34. The standard InChI is InChI=1S/C13H10ClFO/c1-9-4-2-3-5-13(9)16-10-6-7-11(14)12(15)8-10/h2-8H,1H3. The van der Waals surface area contributed by atoms with Crippen LogP contribution in [0.3, 0.4) is 0 Å². The Balaban J connectivity index is 2.28. The molecule has 0 N–H and O–H groups in total. The molecule has 0 unspecified atom stereocenters. The number of rotatable bonds is 2. The van der Waals surface area contributed by atoms with Gasteiger partial charge in [0.2, 0.25) is 0 Å². The van der Waals surface area contributed by atoms with E-state index in [9.17, 15) is 4.39 Å². The zero-order valence-electron chi connectivity index (χ0n) is 8.71. The summed E-state index contributed by atoms with van der Waals surface area (Å²) in [6.45, 7) is 1.93. The monoisotopic (exact) mass is 236 g/mol. The molecule has 0 heterocycles. The highest BCUT2D eigenvalue weighted by Crippen LogP contribution is 2.27. The number of halogens is 2. The molecule has 0 saturated heterocycles. The topological polar surface area (TPSA) is 9.23 Å². The van der Waals surface area contributed by atoms with Gasteiger partial charge in [-0.05, 0) is 30.7 Å². The van der Waals surface area contributed by atoms with Gasteiger partial charge in [0.25, 0.3) is 0 Å². The highest BCUT2D eigenvalue weighted by Gasteiger charge is 2.04. The van der Waals surface area contributed by atoms with Crippen LogP contribution in [0.1, 0.15) is 5.56 Å². The Morgan fingerprint density at radius 1 is 1.12 bits per heavy atom. The van der Waals surface area contributed by atoms with Crippen molar-refractivity contribution in [2.45, 2.75) is 6.92 Å². The van der Waals surface area contributed by atoms with Crippen molar-refractivity contribution >= 4 is 11.6 Å². The van der Waals surface area contributed by atoms with E-state index in [0.717, 1.165) is 5.56 Å². The minimum atomic E-state index is -0.479. The van der Waals surface area contributed by atoms with Gasteiger partial charge in [-0.3, -0.25) is 0 Å². The summed E-state index contributed by atoms with van der Waals surface area (Å²) in [6, 6.07) is 11.9. The lowest BCUT2D eigenvalue weighted by atomic mass is 10.2. The van der Waals surface area contributed by atoms with Crippen LogP contribution in [0.5, 0.6) is 11.5 Å². The maximum atomic E-state index is 13.2. The van der Waals surface area contributed by atoms with Gasteiger partial charge in [-0.15, -0.1) is 0 Å². The molecule has 0 aliphatic rings. The van der Waals surface area contributed by atoms with Crippen molar-refractivity contribution in [3.05, 3.63) is 58.9 Å². The van der Waals surface area contributed by atoms with E-state index in [1.807, 2.05) is 31.2 Å². The van der Waals surface area contributed by atoms with Gasteiger partial charge in [0.1, 0.15) is 17.3 Å². The van der Waals surface area contributed by atoms with E-state index in [1.165, 1.54) is 12.1 Å². The number of aryl methyl sites for hydroxylation is 1. The Kier molecular flexibility index (Phi) is 3.11. The molecule has 0 aliphatic carbocycles. The summed E-state index contributed by atoms with van der Waals surface area (Å²) in [4.78, 5) is 0. The number of hydrogen-bond acceptors (Lipinski definition) is 1. The molecule has 16 heavy (non-hydrogen) atoms. The number of ether oxygens (including phenoxy) is 1. The molecule has 0 fully saturated rings. The first-order valence-corrected chi connectivity index (χ1v) is 5.23. The zero-order valence-corrected chi connectivity index (χ0v) is 9.46. The molecule has 0 amide bonds. The second-order valence-corrected chi connectivity index (χ2v) is 3.85. The highest BCUT2D eigenvalue weighted by molar-refractivity contribution is 6.30. The number of hydrogen-bond donors (Lipinski definition) is 0. The molecule has 2 rings (SSSR count). The Morgan fingerprint density at radius 3 is 2.56 bits per heavy atom. The Bertz CT molecular complexity index is 511. The predicted molar refractivity (Wildman–Crippen MR) is 62.7 cm³/mol. The molecule has 2 aromatic carbocycles. The lowest BCUT2D eigenvalue weighted by Crippen LogP contribution is -1.88. The molecule has 1 nitrogen and oxygen atoms in total. The van der Waals surface area contributed by atoms with Crippen LogP contribution in [-0.2, 0) is 0 Å². The van der Waals surface area contributed by atoms with Crippen molar-refractivity contribution in [3.63, 3.8) is 0 Å². The van der Waals surface area contributed by atoms with E-state index < -0.39 is 5.82 Å². The summed E-state index contributed by atoms with van der Waals surface area (Å²) < 4.78 is 18.7. The number of para-hydroxylation sites is 1. The van der Waals surface area contributed by atoms with Crippen LogP contribution < -0.4 is 4.74 Å². The smallest absolute Gasteiger partial charge is 0.145 e. The van der Waals surface area contributed by atoms with Crippen LogP contribution in [0.4, 0.5) is 4.39 Å². The highest BCUT2D eigenvalue weighted by atomic mass is 35.5. The van der Waals surface area contributed by atoms with Crippen molar-refractivity contribution in [1.82, 2.24) is 0 Å². The van der Waals surface area contributed by atoms with Gasteiger partial charge in [0.05, 0.1) is 5.02 Å². The summed E-state index contributed by atoms with van der Waals surface area (Å²) in [6.07, 6.45) is 0. The van der Waals surface area contributed by atoms with E-state index >= 15 is 0 Å². The van der Waals surface area contributed by atoms with Crippen molar-refractivity contribution in [3.8, 4) is 11.5 Å². The van der Waals surface area contributed by atoms with Crippen molar-refractivity contribution in [2.24, 2.45) is 0 Å². The third-order valence-electron chi connectivity index (χ3n) is 2.21. The molecule has 0 aromatic heterocycles. The first kappa shape index (κ1) is 11.0. The lowest BCUT2D eigenvalue weighted by Gasteiger charge is -2.08. The Hall–Kier alpha value is -1.54. The van der Waals surface area contributed by atoms with Crippen LogP contribution >= 0.6 is 11.6 Å². The summed E-state index contributed by atoms with van der Waals surface area (Å²) in [5.41, 5.74) is 0.998. The van der Waals surface area contributed by atoms with Crippen LogP contribution in [0, 0.1) is 12.7 Å². The van der Waals surface area contributed by atoms with Crippen molar-refractivity contribution in [1.29, 1.82) is 0 Å². The summed E-state index contributed by atoms with van der Waals surface area (Å²) in [7, 11) is 0. The van der Waals surface area contributed by atoms with Gasteiger partial charge in [-0.2, -0.15) is 0 Å². The largest absolute Gasteiger partial charge is 0.457 e. The van der Waals surface area contributed by atoms with Gasteiger partial charge >= 0.3 is 0 Å². The first-order valence-electron chi connectivity index (χ1n) is 4.85. The number of benzene rings is 2. The second-order valence-electron chi connectivity index (χ2n) is 3.44. The third-order valence-corrected chi connectivity index (χ3v) is 2.52. The van der Waals surface area contributed by atoms with Gasteiger partial charge in [-0.25, -0.2) is 4.39 Å². The molecule has 3 heteroatoms. The molecular weight excluding hydrogens is 227 g/mol. The van der Waals surface area contributed by atoms with Crippen LogP contribution in [0.2, 0.25) is 5.02 Å². The SMILES string of the molecule is Cc1ccccc1Oc1ccc(Cl)c(F)c1. The fraction of sp³-hybridized carbons (Fsp3) is 0.0769. The molecule has 0 spiro atoms. The zero-order chi connectivity index (χ0) is 11.5. The predicted octanol–water partition coefficient (Wildman–Crippen LogP) is 4.58. The average molecular weight is 237 g/mol. The van der Waals surface area contributed by atoms with Crippen LogP contribution in [-0.4, -0.2) is 0 Å². The minimum absolute atomic E-state index is 0.0946. The Morgan fingerprint density at radius 2 is 1.88 bits per heavy atom. The normalized spacial score (nSPS) is 10.2. The molecule has 2 aromatic rings. The molecule has 0 radical (unpaired) electrons. The Labute approximate surface area is 98.4 Å². The third kappa shape index (κ3) is 2.34. The summed E-state index contributed by atoms with van der Waals surface area (Å²) >= 11 is 5.58. The molecular formula is C13H10ClFO. The molecule has 0 saturated carbocycles. The van der Waals surface area contributed by atoms with Gasteiger partial charge in [0.15, 0.2) is 0 Å². The maximum Gasteiger partial charge on any atom is 0.145 e. The maximum absolute atomic E-state index is 13.2. The van der Waals surface area contributed by atoms with E-state index in [2.05, 4.69) is 0 Å². The van der Waals surface area contributed by atoms with Gasteiger partial charge in [-0.1, -0.05) is 29.8 Å². The van der Waals surface area contributed by atoms with E-state index in [4.69, 9.17) is 16.3 Å². The van der Waals surface area contributed by atoms with Crippen molar-refractivity contribution < 1.29 is 9.13 Å². The van der Waals surface area contributed by atoms with E-state index in [0.29, 0.717) is 11.5 Å². The quantitative estimate of drug-likeness (QED) is 0.742. The van der Waals surface area contributed by atoms with Crippen molar-refractivity contribution in [2.75, 3.05) is 0 Å². The van der Waals surface area contributed by atoms with Crippen LogP contribution in [0.15, 0.2) is 42.5 Å². The molecule has 0 bridgehead atoms. The fourth-order valence-corrected chi connectivity index (χ4v) is 1.46. The average Bonchev–Trinajstić information content (AvgIpc) is 2.27. The van der Waals surface area contributed by atoms with E-state index in [1.54, 1.807) is 6.07 Å². The summed E-state index contributed by atoms with van der Waals surface area (Å²) in [5.74, 6) is 0.674.